The maximum atomic E-state index is 5.83. The van der Waals surface area contributed by atoms with Crippen molar-refractivity contribution in [3.8, 4) is 0 Å². The Hall–Kier alpha value is -0.315. The molecule has 4 heteroatoms. The van der Waals surface area contributed by atoms with E-state index in [4.69, 9.17) is 14.0 Å². The van der Waals surface area contributed by atoms with E-state index in [2.05, 4.69) is 0 Å². The summed E-state index contributed by atoms with van der Waals surface area (Å²) in [5, 5.41) is 0. The van der Waals surface area contributed by atoms with E-state index < -0.39 is 0 Å². The first kappa shape index (κ1) is 14.7. The summed E-state index contributed by atoms with van der Waals surface area (Å²) in [6.07, 6.45) is 1.95. The molecule has 1 rings (SSSR count). The Bertz CT molecular complexity index is 274. The van der Waals surface area contributed by atoms with Crippen molar-refractivity contribution >= 4 is 7.12 Å². The molecular formula is C13H25BO3. The summed E-state index contributed by atoms with van der Waals surface area (Å²) in [5.41, 5.74) is -0.653. The molecule has 0 amide bonds. The highest BCUT2D eigenvalue weighted by Crippen LogP contribution is 2.36. The van der Waals surface area contributed by atoms with Crippen molar-refractivity contribution in [1.29, 1.82) is 0 Å². The Morgan fingerprint density at radius 3 is 1.94 bits per heavy atom. The predicted octanol–water partition coefficient (Wildman–Crippen LogP) is 2.99. The first-order chi connectivity index (χ1) is 7.54. The van der Waals surface area contributed by atoms with Crippen molar-refractivity contribution in [2.45, 2.75) is 65.3 Å². The summed E-state index contributed by atoms with van der Waals surface area (Å²) in [5.74, 6) is 1.92. The van der Waals surface area contributed by atoms with Gasteiger partial charge in [0.25, 0.3) is 0 Å². The molecule has 17 heavy (non-hydrogen) atoms. The quantitative estimate of drug-likeness (QED) is 0.710. The van der Waals surface area contributed by atoms with Gasteiger partial charge in [0.2, 0.25) is 0 Å². The zero-order valence-electron chi connectivity index (χ0n) is 12.2. The van der Waals surface area contributed by atoms with E-state index in [0.29, 0.717) is 6.61 Å². The van der Waals surface area contributed by atoms with E-state index in [1.165, 1.54) is 0 Å². The molecule has 0 aliphatic carbocycles. The van der Waals surface area contributed by atoms with Crippen LogP contribution >= 0.6 is 0 Å². The lowest BCUT2D eigenvalue weighted by Crippen LogP contribution is -2.41. The molecule has 0 aromatic carbocycles. The summed E-state index contributed by atoms with van der Waals surface area (Å²) in [6, 6.07) is 0. The molecule has 0 radical (unpaired) electrons. The standard InChI is InChI=1S/C13H25BO3/c1-11(2,3)15-10-8-9-14-16-12(4,5)13(6,7)17-14/h8-9H,10H2,1-7H3. The molecule has 0 N–H and O–H groups in total. The fourth-order valence-electron chi connectivity index (χ4n) is 1.43. The van der Waals surface area contributed by atoms with Crippen LogP contribution < -0.4 is 0 Å². The Kier molecular flexibility index (Phi) is 4.12. The highest BCUT2D eigenvalue weighted by Gasteiger charge is 2.49. The maximum absolute atomic E-state index is 5.83. The van der Waals surface area contributed by atoms with Crippen LogP contribution in [0.25, 0.3) is 0 Å². The third-order valence-electron chi connectivity index (χ3n) is 3.18. The van der Waals surface area contributed by atoms with Crippen LogP contribution in [0.5, 0.6) is 0 Å². The summed E-state index contributed by atoms with van der Waals surface area (Å²) in [6.45, 7) is 14.9. The van der Waals surface area contributed by atoms with Crippen molar-refractivity contribution in [3.05, 3.63) is 12.1 Å². The second kappa shape index (κ2) is 4.75. The second-order valence-corrected chi connectivity index (χ2v) is 6.48. The van der Waals surface area contributed by atoms with Crippen LogP contribution in [0.15, 0.2) is 12.1 Å². The molecule has 0 saturated carbocycles. The van der Waals surface area contributed by atoms with Crippen molar-refractivity contribution in [1.82, 2.24) is 0 Å². The second-order valence-electron chi connectivity index (χ2n) is 6.48. The van der Waals surface area contributed by atoms with Crippen LogP contribution in [-0.2, 0) is 14.0 Å². The van der Waals surface area contributed by atoms with Gasteiger partial charge in [-0.3, -0.25) is 0 Å². The molecule has 1 aliphatic heterocycles. The van der Waals surface area contributed by atoms with Crippen molar-refractivity contribution in [3.63, 3.8) is 0 Å². The molecule has 1 heterocycles. The van der Waals surface area contributed by atoms with Crippen LogP contribution in [0.4, 0.5) is 0 Å². The van der Waals surface area contributed by atoms with Crippen LogP contribution in [0, 0.1) is 0 Å². The van der Waals surface area contributed by atoms with E-state index in [1.807, 2.05) is 60.5 Å². The van der Waals surface area contributed by atoms with Gasteiger partial charge in [-0.1, -0.05) is 12.1 Å². The number of hydrogen-bond donors (Lipinski definition) is 0. The Morgan fingerprint density at radius 2 is 1.53 bits per heavy atom. The highest BCUT2D eigenvalue weighted by atomic mass is 16.7. The van der Waals surface area contributed by atoms with Crippen LogP contribution in [-0.4, -0.2) is 30.5 Å². The van der Waals surface area contributed by atoms with Gasteiger partial charge in [0.1, 0.15) is 0 Å². The molecule has 0 atom stereocenters. The summed E-state index contributed by atoms with van der Waals surface area (Å²) in [7, 11) is -0.274. The minimum Gasteiger partial charge on any atom is -0.400 e. The highest BCUT2D eigenvalue weighted by molar-refractivity contribution is 6.51. The van der Waals surface area contributed by atoms with Crippen LogP contribution in [0.3, 0.4) is 0 Å². The van der Waals surface area contributed by atoms with E-state index >= 15 is 0 Å². The summed E-state index contributed by atoms with van der Waals surface area (Å²) in [4.78, 5) is 0. The average molecular weight is 240 g/mol. The topological polar surface area (TPSA) is 27.7 Å². The van der Waals surface area contributed by atoms with Crippen LogP contribution in [0.1, 0.15) is 48.5 Å². The SMILES string of the molecule is CC(C)(C)OCC=CB1OC(C)(C)C(C)(C)O1. The van der Waals surface area contributed by atoms with Gasteiger partial charge < -0.3 is 14.0 Å². The normalized spacial score (nSPS) is 23.6. The summed E-state index contributed by atoms with van der Waals surface area (Å²) < 4.78 is 17.3. The number of ether oxygens (including phenoxy) is 1. The molecule has 1 saturated heterocycles. The fourth-order valence-corrected chi connectivity index (χ4v) is 1.43. The number of rotatable bonds is 3. The van der Waals surface area contributed by atoms with Gasteiger partial charge in [-0.25, -0.2) is 0 Å². The fraction of sp³-hybridized carbons (Fsp3) is 0.846. The largest absolute Gasteiger partial charge is 0.486 e. The minimum atomic E-state index is -0.274. The maximum Gasteiger partial charge on any atom is 0.486 e. The number of hydrogen-bond acceptors (Lipinski definition) is 3. The van der Waals surface area contributed by atoms with Crippen molar-refractivity contribution in [2.24, 2.45) is 0 Å². The molecule has 1 aliphatic rings. The first-order valence-electron chi connectivity index (χ1n) is 6.20. The first-order valence-corrected chi connectivity index (χ1v) is 6.20. The van der Waals surface area contributed by atoms with Gasteiger partial charge in [0.15, 0.2) is 0 Å². The van der Waals surface area contributed by atoms with Gasteiger partial charge in [-0.15, -0.1) is 0 Å². The zero-order chi connectivity index (χ0) is 13.3. The van der Waals surface area contributed by atoms with Crippen molar-refractivity contribution in [2.75, 3.05) is 6.61 Å². The van der Waals surface area contributed by atoms with Crippen molar-refractivity contribution < 1.29 is 14.0 Å². The van der Waals surface area contributed by atoms with Gasteiger partial charge in [0, 0.05) is 0 Å². The molecule has 0 aromatic rings. The Labute approximate surface area is 106 Å². The van der Waals surface area contributed by atoms with Gasteiger partial charge in [0.05, 0.1) is 23.4 Å². The van der Waals surface area contributed by atoms with Gasteiger partial charge in [-0.05, 0) is 48.5 Å². The molecule has 0 bridgehead atoms. The summed E-state index contributed by atoms with van der Waals surface area (Å²) >= 11 is 0. The molecule has 0 spiro atoms. The molecule has 1 fully saturated rings. The van der Waals surface area contributed by atoms with E-state index in [0.717, 1.165) is 0 Å². The molecule has 0 aromatic heterocycles. The molecule has 0 unspecified atom stereocenters. The molecule has 98 valence electrons. The van der Waals surface area contributed by atoms with E-state index in [1.54, 1.807) is 0 Å². The predicted molar refractivity (Wildman–Crippen MR) is 70.9 cm³/mol. The average Bonchev–Trinajstić information content (AvgIpc) is 2.28. The van der Waals surface area contributed by atoms with Gasteiger partial charge in [-0.2, -0.15) is 0 Å². The third-order valence-corrected chi connectivity index (χ3v) is 3.18. The lowest BCUT2D eigenvalue weighted by molar-refractivity contribution is 0.00578. The lowest BCUT2D eigenvalue weighted by atomic mass is 9.90. The van der Waals surface area contributed by atoms with E-state index in [9.17, 15) is 0 Å². The van der Waals surface area contributed by atoms with Crippen LogP contribution in [0.2, 0.25) is 0 Å². The third kappa shape index (κ3) is 4.13. The Morgan fingerprint density at radius 1 is 1.06 bits per heavy atom. The lowest BCUT2D eigenvalue weighted by Gasteiger charge is -2.32. The smallest absolute Gasteiger partial charge is 0.400 e. The zero-order valence-corrected chi connectivity index (χ0v) is 12.2. The van der Waals surface area contributed by atoms with E-state index in [-0.39, 0.29) is 23.9 Å². The molecule has 3 nitrogen and oxygen atoms in total. The monoisotopic (exact) mass is 240 g/mol. The minimum absolute atomic E-state index is 0.111. The Balaban J connectivity index is 2.43. The van der Waals surface area contributed by atoms with Gasteiger partial charge >= 0.3 is 7.12 Å². The molecular weight excluding hydrogens is 215 g/mol.